The molecule has 97 heavy (non-hydrogen) atoms. The van der Waals surface area contributed by atoms with Gasteiger partial charge in [0.2, 0.25) is 0 Å². The molecule has 0 unspecified atom stereocenters. The van der Waals surface area contributed by atoms with E-state index in [1.807, 2.05) is 164 Å². The Morgan fingerprint density at radius 3 is 1.04 bits per heavy atom. The maximum absolute atomic E-state index is 12.9. The van der Waals surface area contributed by atoms with E-state index in [0.29, 0.717) is 78.3 Å². The molecule has 13 aromatic carbocycles. The van der Waals surface area contributed by atoms with Gasteiger partial charge in [0.25, 0.3) is 6.71 Å². The molecular weight excluding hydrogens is 1170 g/mol. The molecular formula is C91H74BN5. The van der Waals surface area contributed by atoms with Crippen molar-refractivity contribution in [2.45, 2.75) is 78.6 Å². The Morgan fingerprint density at radius 1 is 0.351 bits per heavy atom. The van der Waals surface area contributed by atoms with Crippen LogP contribution in [0.3, 0.4) is 0 Å². The second-order valence-electron chi connectivity index (χ2n) is 28.0. The zero-order valence-corrected chi connectivity index (χ0v) is 54.8. The van der Waals surface area contributed by atoms with Gasteiger partial charge in [0, 0.05) is 77.9 Å². The second kappa shape index (κ2) is 22.4. The quantitative estimate of drug-likeness (QED) is 0.142. The standard InChI is InChI=1S/C91H74BN5/c1-89(2,3)63-49-72(58-30-14-10-15-31-58)87(73(50-63)59-32-16-11-17-33-59)96-81-55-66(94-77-42-26-22-38-68(77)69-39-23-27-43-78(69)94)46-47-76(81)92-85-62(57-93)48-67(95-79-44-28-24-40-70(79)71-41-25-29-45-80(71)95)56-84(85)97(83-54-65(91(7,8)9)53-82(96)86(83)92)88-74(60-34-18-12-19-35-60)51-64(90(4,5)6)52-75(88)61-36-20-13-21-37-61/h10-56H,1-9H3/i22D,23D,24D,25D,26D,27D,28D,29D,38D,39D,40D,41D,42D,43D,44D,45D,46D,47D,48D,55D,56D. The molecule has 15 aromatic rings. The van der Waals surface area contributed by atoms with Gasteiger partial charge in [-0.2, -0.15) is 5.26 Å². The highest BCUT2D eigenvalue weighted by molar-refractivity contribution is 7.00. The number of nitriles is 1. The molecule has 0 radical (unpaired) electrons. The lowest BCUT2D eigenvalue weighted by molar-refractivity contribution is 0.590. The molecule has 0 atom stereocenters. The predicted molar refractivity (Wildman–Crippen MR) is 412 cm³/mol. The van der Waals surface area contributed by atoms with Gasteiger partial charge < -0.3 is 18.9 Å². The van der Waals surface area contributed by atoms with Crippen LogP contribution in [-0.4, -0.2) is 15.8 Å². The van der Waals surface area contributed by atoms with E-state index >= 15 is 0 Å². The third-order valence-electron chi connectivity index (χ3n) is 19.0. The van der Waals surface area contributed by atoms with Crippen LogP contribution in [-0.2, 0) is 16.2 Å². The fourth-order valence-electron chi connectivity index (χ4n) is 14.2. The average molecular weight is 1270 g/mol. The third kappa shape index (κ3) is 9.57. The third-order valence-corrected chi connectivity index (χ3v) is 19.0. The molecule has 4 heterocycles. The van der Waals surface area contributed by atoms with E-state index in [1.54, 1.807) is 0 Å². The summed E-state index contributed by atoms with van der Waals surface area (Å²) in [6.07, 6.45) is 0. The van der Waals surface area contributed by atoms with E-state index in [2.05, 4.69) is 71.9 Å². The van der Waals surface area contributed by atoms with Crippen LogP contribution in [0.5, 0.6) is 0 Å². The zero-order valence-electron chi connectivity index (χ0n) is 75.8. The van der Waals surface area contributed by atoms with Crippen LogP contribution in [0.2, 0.25) is 0 Å². The molecule has 0 N–H and O–H groups in total. The first-order valence-electron chi connectivity index (χ1n) is 42.9. The topological polar surface area (TPSA) is 40.1 Å². The van der Waals surface area contributed by atoms with Gasteiger partial charge in [0.05, 0.1) is 73.9 Å². The number of hydrogen-bond donors (Lipinski definition) is 0. The molecule has 0 aliphatic carbocycles. The summed E-state index contributed by atoms with van der Waals surface area (Å²) < 4.78 is 210. The van der Waals surface area contributed by atoms with Gasteiger partial charge in [-0.1, -0.05) is 262 Å². The van der Waals surface area contributed by atoms with Crippen molar-refractivity contribution in [1.29, 1.82) is 5.26 Å². The summed E-state index contributed by atoms with van der Waals surface area (Å²) in [7, 11) is 0. The first-order chi connectivity index (χ1) is 55.8. The molecule has 0 saturated carbocycles. The SMILES string of the molecule is [2H]c1c([2H])c(-n2c3c([2H])c([2H])c([2H])c([2H])c3c3c([2H])c([2H])c([2H])c([2H])c32)c([2H])c2c1B1c3c(cc(C(C)(C)C)cc3N(c3c(-c4ccccc4)cc(C(C)(C)C)cc3-c3ccccc3)c3c([2H])c(-n4c5c([2H])c([2H])c([2H])c([2H])c5c5c([2H])c([2H])c([2H])c([2H])c54)c([2H])c(C#N)c31)N2c1c(-c2ccccc2)cc(C(C)(C)C)cc1-c1ccccc1. The lowest BCUT2D eigenvalue weighted by Gasteiger charge is -2.47. The molecule has 2 aliphatic rings. The second-order valence-corrected chi connectivity index (χ2v) is 28.0. The Labute approximate surface area is 599 Å². The Balaban J connectivity index is 1.18. The molecule has 0 spiro atoms. The first-order valence-corrected chi connectivity index (χ1v) is 32.4. The smallest absolute Gasteiger partial charge is 0.253 e. The number of para-hydroxylation sites is 4. The molecule has 5 nitrogen and oxygen atoms in total. The monoisotopic (exact) mass is 1270 g/mol. The minimum absolute atomic E-state index is 0.142. The van der Waals surface area contributed by atoms with Crippen molar-refractivity contribution >= 4 is 101 Å². The van der Waals surface area contributed by atoms with Crippen LogP contribution < -0.4 is 26.2 Å². The van der Waals surface area contributed by atoms with Crippen molar-refractivity contribution in [2.24, 2.45) is 0 Å². The zero-order chi connectivity index (χ0) is 84.5. The van der Waals surface area contributed by atoms with Crippen LogP contribution in [0.25, 0.3) is 99.5 Å². The number of anilines is 6. The van der Waals surface area contributed by atoms with Crippen molar-refractivity contribution in [2.75, 3.05) is 9.80 Å². The summed E-state index contributed by atoms with van der Waals surface area (Å²) in [5.74, 6) is 0. The van der Waals surface area contributed by atoms with Crippen LogP contribution in [0.1, 0.15) is 113 Å². The van der Waals surface area contributed by atoms with E-state index in [9.17, 15) is 28.6 Å². The Morgan fingerprint density at radius 2 is 0.680 bits per heavy atom. The number of nitrogens with zero attached hydrogens (tertiary/aromatic N) is 5. The lowest BCUT2D eigenvalue weighted by atomic mass is 9.32. The molecule has 0 bridgehead atoms. The van der Waals surface area contributed by atoms with Crippen molar-refractivity contribution in [1.82, 2.24) is 9.13 Å². The molecule has 2 aromatic heterocycles. The summed E-state index contributed by atoms with van der Waals surface area (Å²) >= 11 is 0. The predicted octanol–water partition coefficient (Wildman–Crippen LogP) is 22.4. The van der Waals surface area contributed by atoms with Gasteiger partial charge in [-0.15, -0.1) is 0 Å². The minimum Gasteiger partial charge on any atom is -0.310 e. The van der Waals surface area contributed by atoms with Gasteiger partial charge in [-0.3, -0.25) is 0 Å². The van der Waals surface area contributed by atoms with Gasteiger partial charge in [-0.25, -0.2) is 0 Å². The molecule has 466 valence electrons. The van der Waals surface area contributed by atoms with Crippen LogP contribution in [0.4, 0.5) is 34.1 Å². The number of rotatable bonds is 8. The maximum Gasteiger partial charge on any atom is 0.253 e. The van der Waals surface area contributed by atoms with Crippen LogP contribution in [0.15, 0.2) is 285 Å². The van der Waals surface area contributed by atoms with Crippen molar-refractivity contribution in [3.63, 3.8) is 0 Å². The summed E-state index contributed by atoms with van der Waals surface area (Å²) in [5.41, 5.74) is 3.01. The highest BCUT2D eigenvalue weighted by Gasteiger charge is 2.48. The van der Waals surface area contributed by atoms with Crippen LogP contribution >= 0.6 is 0 Å². The highest BCUT2D eigenvalue weighted by atomic mass is 15.2. The summed E-state index contributed by atoms with van der Waals surface area (Å²) in [6.45, 7) is 16.9. The molecule has 2 aliphatic heterocycles. The Kier molecular flexibility index (Phi) is 9.40. The fraction of sp³-hybridized carbons (Fsp3) is 0.132. The average Bonchev–Trinajstić information content (AvgIpc) is 0.887. The highest BCUT2D eigenvalue weighted by Crippen LogP contribution is 2.56. The fourth-order valence-corrected chi connectivity index (χ4v) is 14.2. The lowest BCUT2D eigenvalue weighted by Crippen LogP contribution is -2.62. The molecule has 0 saturated heterocycles. The van der Waals surface area contributed by atoms with Gasteiger partial charge >= 0.3 is 0 Å². The number of fused-ring (bicyclic) bond motifs is 10. The number of benzene rings is 13. The molecule has 6 heteroatoms. The van der Waals surface area contributed by atoms with Gasteiger partial charge in [0.1, 0.15) is 0 Å². The minimum atomic E-state index is -1.66. The van der Waals surface area contributed by atoms with Crippen molar-refractivity contribution in [3.8, 4) is 62.0 Å². The summed E-state index contributed by atoms with van der Waals surface area (Å²) in [6, 6.07) is 37.7. The van der Waals surface area contributed by atoms with E-state index < -0.39 is 189 Å². The first kappa shape index (κ1) is 40.8. The largest absolute Gasteiger partial charge is 0.310 e. The number of aromatic nitrogens is 2. The molecule has 0 amide bonds. The van der Waals surface area contributed by atoms with E-state index in [0.717, 1.165) is 20.3 Å². The van der Waals surface area contributed by atoms with Gasteiger partial charge in [-0.05, 0) is 156 Å². The van der Waals surface area contributed by atoms with Gasteiger partial charge in [0.15, 0.2) is 0 Å². The van der Waals surface area contributed by atoms with Crippen LogP contribution in [0, 0.1) is 11.3 Å². The van der Waals surface area contributed by atoms with E-state index in [-0.39, 0.29) is 43.8 Å². The maximum atomic E-state index is 12.9. The van der Waals surface area contributed by atoms with Crippen molar-refractivity contribution in [3.05, 3.63) is 307 Å². The normalized spacial score (nSPS) is 16.0. The molecule has 0 fully saturated rings. The van der Waals surface area contributed by atoms with E-state index in [4.69, 9.17) is 5.48 Å². The Bertz CT molecular complexity index is 6730. The Hall–Kier alpha value is -11.4. The van der Waals surface area contributed by atoms with Crippen molar-refractivity contribution < 1.29 is 28.8 Å². The summed E-state index contributed by atoms with van der Waals surface area (Å²) in [5, 5.41) is 11.4. The summed E-state index contributed by atoms with van der Waals surface area (Å²) in [4.78, 5) is 3.76. The van der Waals surface area contributed by atoms with E-state index in [1.165, 1.54) is 0 Å². The number of hydrogen-bond acceptors (Lipinski definition) is 3. The molecule has 17 rings (SSSR count).